The van der Waals surface area contributed by atoms with Crippen molar-refractivity contribution in [3.8, 4) is 0 Å². The molecular weight excluding hydrogens is 366 g/mol. The molecule has 2 saturated heterocycles. The molecule has 0 saturated carbocycles. The van der Waals surface area contributed by atoms with E-state index in [9.17, 15) is 14.7 Å². The van der Waals surface area contributed by atoms with Gasteiger partial charge in [-0.2, -0.15) is 0 Å². The van der Waals surface area contributed by atoms with Gasteiger partial charge in [-0.25, -0.2) is 0 Å². The number of nitrogens with zero attached hydrogens (tertiary/aromatic N) is 2. The Morgan fingerprint density at radius 1 is 0.931 bits per heavy atom. The summed E-state index contributed by atoms with van der Waals surface area (Å²) in [6.07, 6.45) is 0. The summed E-state index contributed by atoms with van der Waals surface area (Å²) in [7, 11) is 0. The molecule has 6 heteroatoms. The van der Waals surface area contributed by atoms with Crippen molar-refractivity contribution in [3.63, 3.8) is 0 Å². The molecule has 0 spiro atoms. The van der Waals surface area contributed by atoms with Crippen LogP contribution in [0.4, 0.5) is 0 Å². The third-order valence-corrected chi connectivity index (χ3v) is 5.57. The topological polar surface area (TPSA) is 72.9 Å². The standard InChI is InChI=1S/C23H25N3O3/c27-21(18-9-5-2-6-10-18)19-20(17-7-3-1-4-8-17)26(23(29)22(19)28)16-15-25-13-11-24-12-14-25/h1-10,20,24,27H,11-16H2. The molecule has 150 valence electrons. The van der Waals surface area contributed by atoms with Gasteiger partial charge in [-0.3, -0.25) is 14.5 Å². The number of benzene rings is 2. The number of hydrogen-bond acceptors (Lipinski definition) is 5. The molecule has 1 unspecified atom stereocenters. The predicted molar refractivity (Wildman–Crippen MR) is 111 cm³/mol. The molecule has 1 atom stereocenters. The van der Waals surface area contributed by atoms with Crippen LogP contribution in [0.2, 0.25) is 0 Å². The predicted octanol–water partition coefficient (Wildman–Crippen LogP) is 2.01. The summed E-state index contributed by atoms with van der Waals surface area (Å²) in [6, 6.07) is 17.8. The van der Waals surface area contributed by atoms with Crippen molar-refractivity contribution in [2.75, 3.05) is 39.3 Å². The van der Waals surface area contributed by atoms with Gasteiger partial charge in [-0.05, 0) is 5.56 Å². The van der Waals surface area contributed by atoms with Crippen molar-refractivity contribution >= 4 is 17.4 Å². The van der Waals surface area contributed by atoms with E-state index in [1.165, 1.54) is 0 Å². The summed E-state index contributed by atoms with van der Waals surface area (Å²) >= 11 is 0. The number of carbonyl (C=O) groups excluding carboxylic acids is 2. The lowest BCUT2D eigenvalue weighted by Gasteiger charge is -2.31. The number of aliphatic hydroxyl groups excluding tert-OH is 1. The number of rotatable bonds is 5. The Labute approximate surface area is 170 Å². The molecule has 0 aromatic heterocycles. The maximum Gasteiger partial charge on any atom is 0.295 e. The molecule has 0 bridgehead atoms. The Balaban J connectivity index is 1.70. The summed E-state index contributed by atoms with van der Waals surface area (Å²) in [5.41, 5.74) is 1.52. The van der Waals surface area contributed by atoms with E-state index in [-0.39, 0.29) is 11.3 Å². The number of Topliss-reactive ketones (excluding diaryl/α,β-unsaturated/α-hetero) is 1. The fourth-order valence-corrected chi connectivity index (χ4v) is 4.03. The van der Waals surface area contributed by atoms with Gasteiger partial charge in [-0.15, -0.1) is 0 Å². The average Bonchev–Trinajstić information content (AvgIpc) is 3.04. The Bertz CT molecular complexity index is 905. The lowest BCUT2D eigenvalue weighted by atomic mass is 9.95. The molecule has 1 amide bonds. The molecule has 2 aromatic rings. The first-order valence-electron chi connectivity index (χ1n) is 9.98. The first-order chi connectivity index (χ1) is 14.2. The van der Waals surface area contributed by atoms with Crippen molar-refractivity contribution < 1.29 is 14.7 Å². The lowest BCUT2D eigenvalue weighted by Crippen LogP contribution is -2.46. The van der Waals surface area contributed by atoms with Gasteiger partial charge < -0.3 is 15.3 Å². The van der Waals surface area contributed by atoms with Crippen LogP contribution in [0.3, 0.4) is 0 Å². The van der Waals surface area contributed by atoms with E-state index in [2.05, 4.69) is 10.2 Å². The van der Waals surface area contributed by atoms with E-state index in [0.717, 1.165) is 31.7 Å². The maximum absolute atomic E-state index is 12.9. The summed E-state index contributed by atoms with van der Waals surface area (Å²) in [6.45, 7) is 4.83. The molecule has 0 radical (unpaired) electrons. The summed E-state index contributed by atoms with van der Waals surface area (Å²) < 4.78 is 0. The van der Waals surface area contributed by atoms with Crippen molar-refractivity contribution in [2.45, 2.75) is 6.04 Å². The fraction of sp³-hybridized carbons (Fsp3) is 0.304. The number of nitrogens with one attached hydrogen (secondary N) is 1. The van der Waals surface area contributed by atoms with Gasteiger partial charge in [0.15, 0.2) is 0 Å². The largest absolute Gasteiger partial charge is 0.507 e. The molecule has 2 aromatic carbocycles. The molecule has 2 N–H and O–H groups in total. The van der Waals surface area contributed by atoms with E-state index < -0.39 is 17.7 Å². The van der Waals surface area contributed by atoms with Crippen LogP contribution in [-0.4, -0.2) is 65.9 Å². The second-order valence-corrected chi connectivity index (χ2v) is 7.36. The molecule has 6 nitrogen and oxygen atoms in total. The highest BCUT2D eigenvalue weighted by Gasteiger charge is 2.45. The zero-order valence-electron chi connectivity index (χ0n) is 16.3. The van der Waals surface area contributed by atoms with E-state index in [0.29, 0.717) is 18.7 Å². The van der Waals surface area contributed by atoms with Gasteiger partial charge in [0.2, 0.25) is 0 Å². The summed E-state index contributed by atoms with van der Waals surface area (Å²) in [5.74, 6) is -1.30. The first-order valence-corrected chi connectivity index (χ1v) is 9.98. The van der Waals surface area contributed by atoms with Gasteiger partial charge in [0.25, 0.3) is 11.7 Å². The monoisotopic (exact) mass is 391 g/mol. The maximum atomic E-state index is 12.9. The summed E-state index contributed by atoms with van der Waals surface area (Å²) in [5, 5.41) is 14.3. The van der Waals surface area contributed by atoms with Crippen LogP contribution in [0.1, 0.15) is 17.2 Å². The van der Waals surface area contributed by atoms with Crippen molar-refractivity contribution in [3.05, 3.63) is 77.4 Å². The number of ketones is 1. The highest BCUT2D eigenvalue weighted by Crippen LogP contribution is 2.39. The van der Waals surface area contributed by atoms with E-state index in [1.54, 1.807) is 29.2 Å². The second-order valence-electron chi connectivity index (χ2n) is 7.36. The second kappa shape index (κ2) is 8.59. The molecule has 2 aliphatic heterocycles. The number of piperazine rings is 1. The average molecular weight is 391 g/mol. The first kappa shape index (κ1) is 19.4. The Morgan fingerprint density at radius 3 is 2.21 bits per heavy atom. The van der Waals surface area contributed by atoms with Crippen LogP contribution in [0.15, 0.2) is 66.2 Å². The molecule has 4 rings (SSSR count). The van der Waals surface area contributed by atoms with E-state index >= 15 is 0 Å². The number of likely N-dealkylation sites (tertiary alicyclic amines) is 1. The third kappa shape index (κ3) is 3.95. The smallest absolute Gasteiger partial charge is 0.295 e. The van der Waals surface area contributed by atoms with Crippen LogP contribution < -0.4 is 5.32 Å². The zero-order valence-corrected chi connectivity index (χ0v) is 16.3. The Morgan fingerprint density at radius 2 is 1.55 bits per heavy atom. The molecule has 2 aliphatic rings. The zero-order chi connectivity index (χ0) is 20.2. The van der Waals surface area contributed by atoms with Crippen LogP contribution in [0.5, 0.6) is 0 Å². The van der Waals surface area contributed by atoms with Crippen molar-refractivity contribution in [2.24, 2.45) is 0 Å². The molecule has 2 heterocycles. The normalized spacial score (nSPS) is 22.2. The van der Waals surface area contributed by atoms with E-state index in [4.69, 9.17) is 0 Å². The molecule has 29 heavy (non-hydrogen) atoms. The van der Waals surface area contributed by atoms with Gasteiger partial charge >= 0.3 is 0 Å². The van der Waals surface area contributed by atoms with Gasteiger partial charge in [0, 0.05) is 44.8 Å². The van der Waals surface area contributed by atoms with Crippen molar-refractivity contribution in [1.29, 1.82) is 0 Å². The molecular formula is C23H25N3O3. The quantitative estimate of drug-likeness (QED) is 0.463. The number of aliphatic hydroxyl groups is 1. The minimum absolute atomic E-state index is 0.123. The minimum Gasteiger partial charge on any atom is -0.507 e. The SMILES string of the molecule is O=C1C(=O)N(CCN2CCNCC2)C(c2ccccc2)C1=C(O)c1ccccc1. The number of hydrogen-bond donors (Lipinski definition) is 2. The van der Waals surface area contributed by atoms with Crippen LogP contribution >= 0.6 is 0 Å². The molecule has 2 fully saturated rings. The van der Waals surface area contributed by atoms with Crippen LogP contribution in [-0.2, 0) is 9.59 Å². The fourth-order valence-electron chi connectivity index (χ4n) is 4.03. The van der Waals surface area contributed by atoms with Crippen LogP contribution in [0.25, 0.3) is 5.76 Å². The number of amides is 1. The van der Waals surface area contributed by atoms with Crippen LogP contribution in [0, 0.1) is 0 Å². The van der Waals surface area contributed by atoms with Crippen molar-refractivity contribution in [1.82, 2.24) is 15.1 Å². The lowest BCUT2D eigenvalue weighted by molar-refractivity contribution is -0.140. The van der Waals surface area contributed by atoms with Gasteiger partial charge in [0.1, 0.15) is 5.76 Å². The third-order valence-electron chi connectivity index (χ3n) is 5.57. The number of carbonyl (C=O) groups is 2. The molecule has 0 aliphatic carbocycles. The highest BCUT2D eigenvalue weighted by molar-refractivity contribution is 6.46. The Hall–Kier alpha value is -2.96. The Kier molecular flexibility index (Phi) is 5.74. The summed E-state index contributed by atoms with van der Waals surface area (Å²) in [4.78, 5) is 29.7. The highest BCUT2D eigenvalue weighted by atomic mass is 16.3. The minimum atomic E-state index is -0.625. The van der Waals surface area contributed by atoms with E-state index in [1.807, 2.05) is 36.4 Å². The van der Waals surface area contributed by atoms with Gasteiger partial charge in [-0.1, -0.05) is 60.7 Å². The van der Waals surface area contributed by atoms with Gasteiger partial charge in [0.05, 0.1) is 11.6 Å².